The molecule has 6 nitrogen and oxygen atoms in total. The van der Waals surface area contributed by atoms with Gasteiger partial charge in [0.2, 0.25) is 0 Å². The van der Waals surface area contributed by atoms with Gasteiger partial charge in [-0.2, -0.15) is 0 Å². The monoisotopic (exact) mass is 544 g/mol. The third-order valence-corrected chi connectivity index (χ3v) is 5.71. The Hall–Kier alpha value is -3.75. The molecular weight excluding hydrogens is 514 g/mol. The fourth-order valence-electron chi connectivity index (χ4n) is 3.60. The summed E-state index contributed by atoms with van der Waals surface area (Å²) in [6, 6.07) is 18.0. The molecule has 3 aromatic rings. The number of amides is 1. The largest absolute Gasteiger partial charge is 0.461 e. The van der Waals surface area contributed by atoms with Crippen LogP contribution in [0.15, 0.2) is 78.9 Å². The number of halogens is 3. The number of likely N-dealkylation sites (N-methyl/N-ethyl adjacent to an activating group) is 1. The molecule has 202 valence electrons. The summed E-state index contributed by atoms with van der Waals surface area (Å²) >= 11 is 0. The highest BCUT2D eigenvalue weighted by atomic mass is 35.5. The average molecular weight is 545 g/mol. The van der Waals surface area contributed by atoms with Crippen LogP contribution in [-0.2, 0) is 9.47 Å². The zero-order valence-electron chi connectivity index (χ0n) is 21.3. The minimum atomic E-state index is -0.691. The molecule has 1 N–H and O–H groups in total. The van der Waals surface area contributed by atoms with Crippen molar-refractivity contribution in [3.05, 3.63) is 107 Å². The Bertz CT molecular complexity index is 1150. The number of carbonyl (C=O) groups excluding carboxylic acids is 2. The van der Waals surface area contributed by atoms with Crippen LogP contribution in [0.1, 0.15) is 35.3 Å². The summed E-state index contributed by atoms with van der Waals surface area (Å²) < 4.78 is 37.3. The van der Waals surface area contributed by atoms with Gasteiger partial charge in [0.05, 0.1) is 5.56 Å². The van der Waals surface area contributed by atoms with Gasteiger partial charge in [-0.3, -0.25) is 5.32 Å². The van der Waals surface area contributed by atoms with Crippen LogP contribution >= 0.6 is 12.4 Å². The first-order valence-corrected chi connectivity index (χ1v) is 12.0. The number of rotatable bonds is 11. The molecule has 0 aromatic heterocycles. The number of ether oxygens (including phenoxy) is 2. The van der Waals surface area contributed by atoms with E-state index in [1.54, 1.807) is 54.6 Å². The molecule has 0 aliphatic carbocycles. The summed E-state index contributed by atoms with van der Waals surface area (Å²) in [5.74, 6) is -1.19. The summed E-state index contributed by atoms with van der Waals surface area (Å²) in [5.41, 5.74) is 2.88. The Kier molecular flexibility index (Phi) is 12.4. The van der Waals surface area contributed by atoms with Crippen molar-refractivity contribution in [3.8, 4) is 0 Å². The van der Waals surface area contributed by atoms with Crippen LogP contribution in [0.25, 0.3) is 5.57 Å². The van der Waals surface area contributed by atoms with Gasteiger partial charge < -0.3 is 14.4 Å². The average Bonchev–Trinajstić information content (AvgIpc) is 2.91. The maximum Gasteiger partial charge on any atom is 0.411 e. The van der Waals surface area contributed by atoms with E-state index in [1.807, 2.05) is 13.8 Å². The number of benzene rings is 3. The van der Waals surface area contributed by atoms with E-state index in [9.17, 15) is 18.4 Å². The lowest BCUT2D eigenvalue weighted by Gasteiger charge is -2.17. The van der Waals surface area contributed by atoms with Gasteiger partial charge in [-0.15, -0.1) is 12.4 Å². The highest BCUT2D eigenvalue weighted by Crippen LogP contribution is 2.24. The molecule has 1 amide bonds. The second kappa shape index (κ2) is 15.5. The third kappa shape index (κ3) is 9.28. The van der Waals surface area contributed by atoms with Crippen LogP contribution in [0.2, 0.25) is 0 Å². The SMILES string of the molecule is CCN(CC)CCOC(=O)c1ccc(NC(=O)OCC=C(c2ccc(F)cc2)c2ccc(F)cc2)cc1.Cl. The van der Waals surface area contributed by atoms with Crippen LogP contribution in [0, 0.1) is 11.6 Å². The molecule has 3 aromatic carbocycles. The molecule has 0 radical (unpaired) electrons. The first-order valence-electron chi connectivity index (χ1n) is 12.0. The fraction of sp³-hybridized carbons (Fsp3) is 0.241. The highest BCUT2D eigenvalue weighted by molar-refractivity contribution is 5.91. The van der Waals surface area contributed by atoms with E-state index in [2.05, 4.69) is 10.2 Å². The van der Waals surface area contributed by atoms with Crippen molar-refractivity contribution in [2.75, 3.05) is 38.2 Å². The van der Waals surface area contributed by atoms with E-state index in [-0.39, 0.29) is 30.6 Å². The Morgan fingerprint density at radius 3 is 1.79 bits per heavy atom. The molecule has 0 saturated heterocycles. The van der Waals surface area contributed by atoms with Crippen molar-refractivity contribution in [1.82, 2.24) is 4.90 Å². The highest BCUT2D eigenvalue weighted by Gasteiger charge is 2.10. The molecule has 0 aliphatic rings. The number of esters is 1. The molecule has 0 unspecified atom stereocenters. The predicted molar refractivity (Wildman–Crippen MR) is 147 cm³/mol. The van der Waals surface area contributed by atoms with Crippen molar-refractivity contribution in [1.29, 1.82) is 0 Å². The summed E-state index contributed by atoms with van der Waals surface area (Å²) in [4.78, 5) is 26.6. The second-order valence-electron chi connectivity index (χ2n) is 8.10. The van der Waals surface area contributed by atoms with Crippen molar-refractivity contribution in [3.63, 3.8) is 0 Å². The van der Waals surface area contributed by atoms with Gasteiger partial charge in [0.15, 0.2) is 0 Å². The van der Waals surface area contributed by atoms with Gasteiger partial charge in [0.25, 0.3) is 0 Å². The van der Waals surface area contributed by atoms with Crippen LogP contribution in [0.3, 0.4) is 0 Å². The van der Waals surface area contributed by atoms with Gasteiger partial charge >= 0.3 is 12.1 Å². The molecule has 0 saturated carbocycles. The van der Waals surface area contributed by atoms with Gasteiger partial charge in [-0.05, 0) is 84.4 Å². The number of anilines is 1. The first-order chi connectivity index (χ1) is 17.9. The second-order valence-corrected chi connectivity index (χ2v) is 8.10. The number of hydrogen-bond donors (Lipinski definition) is 1. The van der Waals surface area contributed by atoms with Crippen LogP contribution < -0.4 is 5.32 Å². The molecule has 38 heavy (non-hydrogen) atoms. The van der Waals surface area contributed by atoms with E-state index >= 15 is 0 Å². The Morgan fingerprint density at radius 1 is 0.789 bits per heavy atom. The van der Waals surface area contributed by atoms with E-state index < -0.39 is 12.1 Å². The van der Waals surface area contributed by atoms with E-state index in [1.165, 1.54) is 24.3 Å². The third-order valence-electron chi connectivity index (χ3n) is 5.71. The van der Waals surface area contributed by atoms with Gasteiger partial charge in [0.1, 0.15) is 24.8 Å². The smallest absolute Gasteiger partial charge is 0.411 e. The molecule has 0 atom stereocenters. The molecule has 0 heterocycles. The van der Waals surface area contributed by atoms with Crippen molar-refractivity contribution < 1.29 is 27.8 Å². The van der Waals surface area contributed by atoms with E-state index in [0.29, 0.717) is 41.1 Å². The summed E-state index contributed by atoms with van der Waals surface area (Å²) in [5, 5.41) is 2.60. The molecule has 0 fully saturated rings. The Morgan fingerprint density at radius 2 is 1.29 bits per heavy atom. The predicted octanol–water partition coefficient (Wildman–Crippen LogP) is 6.57. The van der Waals surface area contributed by atoms with Gasteiger partial charge in [-0.1, -0.05) is 38.1 Å². The fourth-order valence-corrected chi connectivity index (χ4v) is 3.60. The van der Waals surface area contributed by atoms with Crippen molar-refractivity contribution in [2.24, 2.45) is 0 Å². The summed E-state index contributed by atoms with van der Waals surface area (Å²) in [6.45, 7) is 6.77. The molecule has 0 spiro atoms. The van der Waals surface area contributed by atoms with Crippen molar-refractivity contribution >= 4 is 35.7 Å². The lowest BCUT2D eigenvalue weighted by atomic mass is 9.97. The Balaban J connectivity index is 0.00000507. The van der Waals surface area contributed by atoms with Crippen LogP contribution in [0.4, 0.5) is 19.3 Å². The number of nitrogens with zero attached hydrogens (tertiary/aromatic N) is 1. The Labute approximate surface area is 227 Å². The van der Waals surface area contributed by atoms with Crippen molar-refractivity contribution in [2.45, 2.75) is 13.8 Å². The summed E-state index contributed by atoms with van der Waals surface area (Å²) in [6.07, 6.45) is 0.973. The van der Waals surface area contributed by atoms with E-state index in [4.69, 9.17) is 9.47 Å². The molecule has 3 rings (SSSR count). The normalized spacial score (nSPS) is 10.3. The standard InChI is InChI=1S/C29H30F2N2O4.ClH/c1-3-33(4-2)18-20-36-28(34)23-9-15-26(16-10-23)32-29(35)37-19-17-27(21-5-11-24(30)12-6-21)22-7-13-25(31)14-8-22;/h5-17H,3-4,18-20H2,1-2H3,(H,32,35);1H. The zero-order valence-corrected chi connectivity index (χ0v) is 22.1. The topological polar surface area (TPSA) is 67.9 Å². The minimum Gasteiger partial charge on any atom is -0.461 e. The lowest BCUT2D eigenvalue weighted by molar-refractivity contribution is 0.0466. The number of carbonyl (C=O) groups is 2. The molecule has 0 bridgehead atoms. The quantitative estimate of drug-likeness (QED) is 0.277. The molecule has 0 aliphatic heterocycles. The maximum absolute atomic E-state index is 13.4. The van der Waals surface area contributed by atoms with Gasteiger partial charge in [0, 0.05) is 12.2 Å². The number of nitrogens with one attached hydrogen (secondary N) is 1. The lowest BCUT2D eigenvalue weighted by Crippen LogP contribution is -2.27. The van der Waals surface area contributed by atoms with Gasteiger partial charge in [-0.25, -0.2) is 18.4 Å². The minimum absolute atomic E-state index is 0. The summed E-state index contributed by atoms with van der Waals surface area (Å²) in [7, 11) is 0. The molecule has 9 heteroatoms. The number of hydrogen-bond acceptors (Lipinski definition) is 5. The van der Waals surface area contributed by atoms with Crippen LogP contribution in [0.5, 0.6) is 0 Å². The maximum atomic E-state index is 13.4. The molecular formula is C29H31ClF2N2O4. The van der Waals surface area contributed by atoms with E-state index in [0.717, 1.165) is 13.1 Å². The van der Waals surface area contributed by atoms with Crippen LogP contribution in [-0.4, -0.2) is 49.8 Å². The first kappa shape index (κ1) is 30.5. The zero-order chi connectivity index (χ0) is 26.6.